The third-order valence-electron chi connectivity index (χ3n) is 4.65. The summed E-state index contributed by atoms with van der Waals surface area (Å²) in [6.07, 6.45) is 0. The second kappa shape index (κ2) is 7.39. The SMILES string of the molecule is O=c1cc(CSc2n[nH]c(-c3ccc(Cl)cc3)n2)c2c(ccc3ccccc32)o1. The van der Waals surface area contributed by atoms with Gasteiger partial charge in [-0.2, -0.15) is 0 Å². The zero-order chi connectivity index (χ0) is 19.8. The Morgan fingerprint density at radius 2 is 1.86 bits per heavy atom. The molecular formula is C22H14ClN3O2S. The fourth-order valence-corrected chi connectivity index (χ4v) is 4.23. The molecule has 0 bridgehead atoms. The molecule has 142 valence electrons. The number of benzene rings is 3. The van der Waals surface area contributed by atoms with Gasteiger partial charge in [-0.25, -0.2) is 9.78 Å². The van der Waals surface area contributed by atoms with Crippen molar-refractivity contribution in [1.82, 2.24) is 15.2 Å². The molecule has 0 aliphatic carbocycles. The molecule has 0 atom stereocenters. The van der Waals surface area contributed by atoms with E-state index in [0.717, 1.165) is 27.3 Å². The molecule has 0 fully saturated rings. The van der Waals surface area contributed by atoms with Crippen LogP contribution in [-0.2, 0) is 5.75 Å². The third-order valence-corrected chi connectivity index (χ3v) is 5.80. The van der Waals surface area contributed by atoms with Gasteiger partial charge in [-0.1, -0.05) is 53.7 Å². The third kappa shape index (κ3) is 3.52. The van der Waals surface area contributed by atoms with E-state index in [-0.39, 0.29) is 5.63 Å². The first-order valence-corrected chi connectivity index (χ1v) is 10.3. The number of hydrogen-bond acceptors (Lipinski definition) is 5. The summed E-state index contributed by atoms with van der Waals surface area (Å²) in [4.78, 5) is 16.6. The van der Waals surface area contributed by atoms with E-state index in [0.29, 0.717) is 27.3 Å². The minimum Gasteiger partial charge on any atom is -0.423 e. The first-order chi connectivity index (χ1) is 14.2. The zero-order valence-electron chi connectivity index (χ0n) is 15.1. The van der Waals surface area contributed by atoms with Crippen molar-refractivity contribution < 1.29 is 4.42 Å². The van der Waals surface area contributed by atoms with Crippen LogP contribution in [-0.4, -0.2) is 15.2 Å². The minimum atomic E-state index is -0.361. The highest BCUT2D eigenvalue weighted by Gasteiger charge is 2.12. The Balaban J connectivity index is 1.49. The molecule has 2 aromatic heterocycles. The van der Waals surface area contributed by atoms with Crippen LogP contribution < -0.4 is 5.63 Å². The van der Waals surface area contributed by atoms with Gasteiger partial charge < -0.3 is 4.42 Å². The monoisotopic (exact) mass is 419 g/mol. The van der Waals surface area contributed by atoms with Gasteiger partial charge >= 0.3 is 5.63 Å². The molecule has 5 aromatic rings. The molecule has 0 unspecified atom stereocenters. The van der Waals surface area contributed by atoms with Crippen LogP contribution >= 0.6 is 23.4 Å². The van der Waals surface area contributed by atoms with E-state index in [1.54, 1.807) is 6.07 Å². The van der Waals surface area contributed by atoms with E-state index in [4.69, 9.17) is 16.0 Å². The van der Waals surface area contributed by atoms with Gasteiger partial charge in [-0.3, -0.25) is 5.10 Å². The minimum absolute atomic E-state index is 0.361. The van der Waals surface area contributed by atoms with Crippen LogP contribution in [0.15, 0.2) is 81.1 Å². The molecule has 0 aliphatic heterocycles. The predicted octanol–water partition coefficient (Wildman–Crippen LogP) is 5.68. The van der Waals surface area contributed by atoms with Gasteiger partial charge in [0.1, 0.15) is 5.58 Å². The van der Waals surface area contributed by atoms with Crippen LogP contribution in [0.3, 0.4) is 0 Å². The fraction of sp³-hybridized carbons (Fsp3) is 0.0455. The van der Waals surface area contributed by atoms with Gasteiger partial charge in [0.25, 0.3) is 0 Å². The Labute approximate surface area is 174 Å². The van der Waals surface area contributed by atoms with Crippen molar-refractivity contribution in [2.75, 3.05) is 0 Å². The lowest BCUT2D eigenvalue weighted by molar-refractivity contribution is 0.560. The molecule has 2 heterocycles. The highest BCUT2D eigenvalue weighted by molar-refractivity contribution is 7.98. The van der Waals surface area contributed by atoms with Gasteiger partial charge in [0, 0.05) is 27.8 Å². The first-order valence-electron chi connectivity index (χ1n) is 8.93. The normalized spacial score (nSPS) is 11.3. The number of nitrogens with zero attached hydrogens (tertiary/aromatic N) is 2. The highest BCUT2D eigenvalue weighted by Crippen LogP contribution is 2.31. The average molecular weight is 420 g/mol. The first kappa shape index (κ1) is 18.0. The van der Waals surface area contributed by atoms with E-state index in [2.05, 4.69) is 15.2 Å². The number of H-pyrrole nitrogens is 1. The Morgan fingerprint density at radius 3 is 2.72 bits per heavy atom. The standard InChI is InChI=1S/C22H14ClN3O2S/c23-16-8-5-14(6-9-16)21-24-22(26-25-21)29-12-15-11-19(27)28-18-10-7-13-3-1-2-4-17(13)20(15)18/h1-11H,12H2,(H,24,25,26). The van der Waals surface area contributed by atoms with Gasteiger partial charge in [0.05, 0.1) is 0 Å². The quantitative estimate of drug-likeness (QED) is 0.230. The van der Waals surface area contributed by atoms with Crippen molar-refractivity contribution in [1.29, 1.82) is 0 Å². The lowest BCUT2D eigenvalue weighted by atomic mass is 10.0. The van der Waals surface area contributed by atoms with Gasteiger partial charge in [0.2, 0.25) is 5.16 Å². The van der Waals surface area contributed by atoms with Gasteiger partial charge in [-0.05, 0) is 46.7 Å². The maximum Gasteiger partial charge on any atom is 0.336 e. The Bertz CT molecular complexity index is 1390. The topological polar surface area (TPSA) is 71.8 Å². The van der Waals surface area contributed by atoms with Crippen LogP contribution in [0.4, 0.5) is 0 Å². The average Bonchev–Trinajstić information content (AvgIpc) is 3.21. The van der Waals surface area contributed by atoms with Crippen LogP contribution in [0.2, 0.25) is 5.02 Å². The largest absolute Gasteiger partial charge is 0.423 e. The van der Waals surface area contributed by atoms with Crippen molar-refractivity contribution in [2.45, 2.75) is 10.9 Å². The number of aromatic nitrogens is 3. The second-order valence-corrected chi connectivity index (χ2v) is 7.89. The molecule has 0 aliphatic rings. The lowest BCUT2D eigenvalue weighted by Gasteiger charge is -2.07. The number of halogens is 1. The highest BCUT2D eigenvalue weighted by atomic mass is 35.5. The van der Waals surface area contributed by atoms with Gasteiger partial charge in [-0.15, -0.1) is 5.10 Å². The molecule has 0 amide bonds. The maximum absolute atomic E-state index is 12.0. The van der Waals surface area contributed by atoms with Crippen molar-refractivity contribution in [2.24, 2.45) is 0 Å². The van der Waals surface area contributed by atoms with Crippen molar-refractivity contribution in [3.05, 3.63) is 87.7 Å². The predicted molar refractivity (Wildman–Crippen MR) is 116 cm³/mol. The molecule has 7 heteroatoms. The van der Waals surface area contributed by atoms with E-state index in [9.17, 15) is 4.79 Å². The summed E-state index contributed by atoms with van der Waals surface area (Å²) in [6.45, 7) is 0. The van der Waals surface area contributed by atoms with Gasteiger partial charge in [0.15, 0.2) is 5.82 Å². The molecule has 0 saturated carbocycles. The molecule has 3 aromatic carbocycles. The summed E-state index contributed by atoms with van der Waals surface area (Å²) in [5.41, 5.74) is 2.03. The van der Waals surface area contributed by atoms with Crippen LogP contribution in [0.5, 0.6) is 0 Å². The van der Waals surface area contributed by atoms with E-state index in [1.807, 2.05) is 60.7 Å². The van der Waals surface area contributed by atoms with Crippen molar-refractivity contribution >= 4 is 45.1 Å². The smallest absolute Gasteiger partial charge is 0.336 e. The number of nitrogens with one attached hydrogen (secondary N) is 1. The van der Waals surface area contributed by atoms with E-state index >= 15 is 0 Å². The molecule has 5 nitrogen and oxygen atoms in total. The summed E-state index contributed by atoms with van der Waals surface area (Å²) in [5.74, 6) is 1.22. The van der Waals surface area contributed by atoms with E-state index in [1.165, 1.54) is 11.8 Å². The summed E-state index contributed by atoms with van der Waals surface area (Å²) in [6, 6.07) is 20.8. The summed E-state index contributed by atoms with van der Waals surface area (Å²) < 4.78 is 5.42. The van der Waals surface area contributed by atoms with Crippen LogP contribution in [0.25, 0.3) is 33.1 Å². The maximum atomic E-state index is 12.0. The molecule has 0 spiro atoms. The lowest BCUT2D eigenvalue weighted by Crippen LogP contribution is -2.00. The number of thioether (sulfide) groups is 1. The van der Waals surface area contributed by atoms with Crippen molar-refractivity contribution in [3.8, 4) is 11.4 Å². The number of rotatable bonds is 4. The molecule has 1 N–H and O–H groups in total. The Morgan fingerprint density at radius 1 is 1.03 bits per heavy atom. The summed E-state index contributed by atoms with van der Waals surface area (Å²) in [7, 11) is 0. The van der Waals surface area contributed by atoms with E-state index < -0.39 is 0 Å². The van der Waals surface area contributed by atoms with Crippen molar-refractivity contribution in [3.63, 3.8) is 0 Å². The summed E-state index contributed by atoms with van der Waals surface area (Å²) in [5, 5.41) is 11.6. The molecule has 0 saturated heterocycles. The Hall–Kier alpha value is -3.09. The Kier molecular flexibility index (Phi) is 4.58. The fourth-order valence-electron chi connectivity index (χ4n) is 3.32. The van der Waals surface area contributed by atoms with Crippen LogP contribution in [0.1, 0.15) is 5.56 Å². The molecule has 5 rings (SSSR count). The molecular weight excluding hydrogens is 406 g/mol. The summed E-state index contributed by atoms with van der Waals surface area (Å²) >= 11 is 7.40. The zero-order valence-corrected chi connectivity index (χ0v) is 16.6. The van der Waals surface area contributed by atoms with Crippen LogP contribution in [0, 0.1) is 0 Å². The number of hydrogen-bond donors (Lipinski definition) is 1. The second-order valence-electron chi connectivity index (χ2n) is 6.51. The number of fused-ring (bicyclic) bond motifs is 3. The number of aromatic amines is 1. The molecule has 0 radical (unpaired) electrons. The molecule has 29 heavy (non-hydrogen) atoms.